The van der Waals surface area contributed by atoms with Gasteiger partial charge in [-0.3, -0.25) is 4.79 Å². The van der Waals surface area contributed by atoms with E-state index in [4.69, 9.17) is 9.84 Å². The molecule has 0 aliphatic carbocycles. The van der Waals surface area contributed by atoms with Gasteiger partial charge in [0, 0.05) is 0 Å². The van der Waals surface area contributed by atoms with Gasteiger partial charge >= 0.3 is 18.0 Å². The van der Waals surface area contributed by atoms with Gasteiger partial charge < -0.3 is 19.9 Å². The van der Waals surface area contributed by atoms with Gasteiger partial charge in [0.05, 0.1) is 12.5 Å². The van der Waals surface area contributed by atoms with Crippen molar-refractivity contribution >= 4 is 18.0 Å². The average Bonchev–Trinajstić information content (AvgIpc) is 2.21. The minimum atomic E-state index is -1.45. The maximum absolute atomic E-state index is 11.6. The quantitative estimate of drug-likeness (QED) is 0.746. The van der Waals surface area contributed by atoms with Gasteiger partial charge in [-0.1, -0.05) is 0 Å². The SMILES string of the molecule is COC(=O)C(C)(C)[C@@H](NC(=O)OC(C)(C)C)C(=O)O. The molecule has 0 spiro atoms. The predicted octanol–water partition coefficient (Wildman–Crippen LogP) is 1.16. The lowest BCUT2D eigenvalue weighted by Gasteiger charge is -2.30. The maximum atomic E-state index is 11.6. The minimum Gasteiger partial charge on any atom is -0.480 e. The fraction of sp³-hybridized carbons (Fsp3) is 0.750. The minimum absolute atomic E-state index is 0.740. The number of carbonyl (C=O) groups excluding carboxylic acids is 2. The number of rotatable bonds is 4. The molecule has 0 heterocycles. The van der Waals surface area contributed by atoms with E-state index in [1.165, 1.54) is 13.8 Å². The molecule has 7 heteroatoms. The summed E-state index contributed by atoms with van der Waals surface area (Å²) in [7, 11) is 1.15. The molecular weight excluding hydrogens is 254 g/mol. The molecule has 0 rings (SSSR count). The highest BCUT2D eigenvalue weighted by Crippen LogP contribution is 2.23. The highest BCUT2D eigenvalue weighted by molar-refractivity contribution is 5.89. The molecule has 0 radical (unpaired) electrons. The number of carbonyl (C=O) groups is 3. The van der Waals surface area contributed by atoms with Crippen molar-refractivity contribution in [3.05, 3.63) is 0 Å². The fourth-order valence-corrected chi connectivity index (χ4v) is 1.36. The van der Waals surface area contributed by atoms with Gasteiger partial charge in [-0.05, 0) is 34.6 Å². The number of amides is 1. The van der Waals surface area contributed by atoms with Crippen LogP contribution < -0.4 is 5.32 Å². The van der Waals surface area contributed by atoms with Gasteiger partial charge in [-0.2, -0.15) is 0 Å². The van der Waals surface area contributed by atoms with E-state index in [1.807, 2.05) is 0 Å². The molecule has 19 heavy (non-hydrogen) atoms. The van der Waals surface area contributed by atoms with Crippen LogP contribution in [0.25, 0.3) is 0 Å². The van der Waals surface area contributed by atoms with Crippen molar-refractivity contribution < 1.29 is 29.0 Å². The van der Waals surface area contributed by atoms with Crippen LogP contribution in [0, 0.1) is 5.41 Å². The number of hydrogen-bond acceptors (Lipinski definition) is 5. The molecule has 0 fully saturated rings. The Morgan fingerprint density at radius 1 is 1.11 bits per heavy atom. The summed E-state index contributed by atoms with van der Waals surface area (Å²) in [5, 5.41) is 11.3. The molecular formula is C12H21NO6. The van der Waals surface area contributed by atoms with E-state index in [0.717, 1.165) is 7.11 Å². The summed E-state index contributed by atoms with van der Waals surface area (Å²) in [5.41, 5.74) is -2.18. The Balaban J connectivity index is 5.01. The zero-order chi connectivity index (χ0) is 15.4. The first-order valence-electron chi connectivity index (χ1n) is 5.72. The molecule has 0 saturated heterocycles. The summed E-state index contributed by atoms with van der Waals surface area (Å²) < 4.78 is 9.50. The van der Waals surface area contributed by atoms with Crippen molar-refractivity contribution in [3.63, 3.8) is 0 Å². The van der Waals surface area contributed by atoms with E-state index >= 15 is 0 Å². The van der Waals surface area contributed by atoms with Gasteiger partial charge in [-0.25, -0.2) is 9.59 Å². The number of methoxy groups -OCH3 is 1. The van der Waals surface area contributed by atoms with Gasteiger partial charge in [0.15, 0.2) is 0 Å². The standard InChI is InChI=1S/C12H21NO6/c1-11(2,3)19-10(17)13-7(8(14)15)12(4,5)9(16)18-6/h7H,1-6H3,(H,13,17)(H,14,15)/t7-/m0/s1. The van der Waals surface area contributed by atoms with E-state index in [1.54, 1.807) is 20.8 Å². The second kappa shape index (κ2) is 5.90. The van der Waals surface area contributed by atoms with Crippen molar-refractivity contribution in [2.75, 3.05) is 7.11 Å². The van der Waals surface area contributed by atoms with Crippen LogP contribution in [0.2, 0.25) is 0 Å². The Morgan fingerprint density at radius 2 is 1.58 bits per heavy atom. The molecule has 0 aliphatic heterocycles. The summed E-state index contributed by atoms with van der Waals surface area (Å²) in [5.74, 6) is -2.09. The molecule has 2 N–H and O–H groups in total. The number of carboxylic acid groups (broad SMARTS) is 1. The second-order valence-electron chi connectivity index (χ2n) is 5.63. The largest absolute Gasteiger partial charge is 0.480 e. The van der Waals surface area contributed by atoms with Gasteiger partial charge in [0.1, 0.15) is 11.6 Å². The highest BCUT2D eigenvalue weighted by Gasteiger charge is 2.44. The fourth-order valence-electron chi connectivity index (χ4n) is 1.36. The van der Waals surface area contributed by atoms with Crippen molar-refractivity contribution in [1.29, 1.82) is 0 Å². The van der Waals surface area contributed by atoms with E-state index in [2.05, 4.69) is 10.1 Å². The van der Waals surface area contributed by atoms with Gasteiger partial charge in [0.2, 0.25) is 0 Å². The number of nitrogens with one attached hydrogen (secondary N) is 1. The lowest BCUT2D eigenvalue weighted by Crippen LogP contribution is -2.54. The second-order valence-corrected chi connectivity index (χ2v) is 5.63. The summed E-state index contributed by atoms with van der Waals surface area (Å²) in [6, 6.07) is -1.45. The smallest absolute Gasteiger partial charge is 0.408 e. The van der Waals surface area contributed by atoms with Crippen molar-refractivity contribution in [3.8, 4) is 0 Å². The third kappa shape index (κ3) is 5.15. The zero-order valence-corrected chi connectivity index (χ0v) is 12.1. The van der Waals surface area contributed by atoms with Crippen LogP contribution in [-0.4, -0.2) is 41.9 Å². The Kier molecular flexibility index (Phi) is 5.34. The van der Waals surface area contributed by atoms with Crippen molar-refractivity contribution in [1.82, 2.24) is 5.32 Å². The Bertz CT molecular complexity index is 369. The van der Waals surface area contributed by atoms with Crippen LogP contribution in [0.3, 0.4) is 0 Å². The lowest BCUT2D eigenvalue weighted by molar-refractivity contribution is -0.159. The van der Waals surface area contributed by atoms with Crippen LogP contribution in [0.15, 0.2) is 0 Å². The summed E-state index contributed by atoms with van der Waals surface area (Å²) in [4.78, 5) is 34.3. The molecule has 0 aromatic carbocycles. The summed E-state index contributed by atoms with van der Waals surface area (Å²) in [6.45, 7) is 7.68. The first-order chi connectivity index (χ1) is 8.41. The number of hydrogen-bond donors (Lipinski definition) is 2. The number of esters is 1. The zero-order valence-electron chi connectivity index (χ0n) is 12.1. The molecule has 0 bridgehead atoms. The molecule has 7 nitrogen and oxygen atoms in total. The van der Waals surface area contributed by atoms with Crippen molar-refractivity contribution in [2.45, 2.75) is 46.3 Å². The average molecular weight is 275 g/mol. The number of carboxylic acids is 1. The topological polar surface area (TPSA) is 102 Å². The van der Waals surface area contributed by atoms with E-state index in [9.17, 15) is 14.4 Å². The third-order valence-corrected chi connectivity index (χ3v) is 2.34. The van der Waals surface area contributed by atoms with Crippen LogP contribution in [0.5, 0.6) is 0 Å². The Labute approximate surface area is 112 Å². The van der Waals surface area contributed by atoms with Crippen LogP contribution in [0.1, 0.15) is 34.6 Å². The predicted molar refractivity (Wildman–Crippen MR) is 66.6 cm³/mol. The monoisotopic (exact) mass is 275 g/mol. The number of alkyl carbamates (subject to hydrolysis) is 1. The first kappa shape index (κ1) is 17.2. The molecule has 0 aromatic rings. The van der Waals surface area contributed by atoms with Gasteiger partial charge in [0.25, 0.3) is 0 Å². The summed E-state index contributed by atoms with van der Waals surface area (Å²) >= 11 is 0. The van der Waals surface area contributed by atoms with E-state index < -0.39 is 35.1 Å². The van der Waals surface area contributed by atoms with Crippen LogP contribution >= 0.6 is 0 Å². The molecule has 0 aliphatic rings. The van der Waals surface area contributed by atoms with E-state index in [0.29, 0.717) is 0 Å². The number of ether oxygens (including phenoxy) is 2. The number of aliphatic carboxylic acids is 1. The van der Waals surface area contributed by atoms with Crippen LogP contribution in [-0.2, 0) is 19.1 Å². The van der Waals surface area contributed by atoms with E-state index in [-0.39, 0.29) is 0 Å². The Morgan fingerprint density at radius 3 is 1.89 bits per heavy atom. The molecule has 0 unspecified atom stereocenters. The molecule has 0 aromatic heterocycles. The van der Waals surface area contributed by atoms with Crippen LogP contribution in [0.4, 0.5) is 4.79 Å². The Hall–Kier alpha value is -1.79. The lowest BCUT2D eigenvalue weighted by atomic mass is 9.84. The van der Waals surface area contributed by atoms with Gasteiger partial charge in [-0.15, -0.1) is 0 Å². The highest BCUT2D eigenvalue weighted by atomic mass is 16.6. The molecule has 0 saturated carbocycles. The molecule has 110 valence electrons. The maximum Gasteiger partial charge on any atom is 0.408 e. The molecule has 1 amide bonds. The normalized spacial score (nSPS) is 13.4. The molecule has 1 atom stereocenters. The van der Waals surface area contributed by atoms with Crippen molar-refractivity contribution in [2.24, 2.45) is 5.41 Å². The third-order valence-electron chi connectivity index (χ3n) is 2.34. The first-order valence-corrected chi connectivity index (χ1v) is 5.72. The summed E-state index contributed by atoms with van der Waals surface area (Å²) in [6.07, 6.45) is -0.906.